The summed E-state index contributed by atoms with van der Waals surface area (Å²) in [7, 11) is 1.51. The van der Waals surface area contributed by atoms with Crippen LogP contribution in [-0.4, -0.2) is 22.5 Å². The molecule has 0 saturated carbocycles. The van der Waals surface area contributed by atoms with Crippen molar-refractivity contribution in [1.82, 2.24) is 9.55 Å². The first kappa shape index (κ1) is 19.5. The SMILES string of the molecule is CCCCn1c(N)c(N(C)C(=O)CCc2ccc(C)cc2)c(=O)[nH]c1=O. The van der Waals surface area contributed by atoms with Crippen LogP contribution in [0.4, 0.5) is 11.5 Å². The van der Waals surface area contributed by atoms with Crippen LogP contribution in [0, 0.1) is 6.92 Å². The van der Waals surface area contributed by atoms with Crippen LogP contribution in [0.2, 0.25) is 0 Å². The molecule has 1 aromatic heterocycles. The van der Waals surface area contributed by atoms with E-state index in [1.54, 1.807) is 0 Å². The maximum atomic E-state index is 12.5. The first-order valence-electron chi connectivity index (χ1n) is 8.79. The van der Waals surface area contributed by atoms with E-state index in [4.69, 9.17) is 5.73 Å². The summed E-state index contributed by atoms with van der Waals surface area (Å²) < 4.78 is 1.31. The molecule has 7 nitrogen and oxygen atoms in total. The molecular weight excluding hydrogens is 332 g/mol. The molecule has 0 saturated heterocycles. The highest BCUT2D eigenvalue weighted by atomic mass is 16.2. The molecule has 1 heterocycles. The van der Waals surface area contributed by atoms with Gasteiger partial charge in [0.25, 0.3) is 5.56 Å². The molecule has 0 fully saturated rings. The Morgan fingerprint density at radius 2 is 1.88 bits per heavy atom. The summed E-state index contributed by atoms with van der Waals surface area (Å²) in [5, 5.41) is 0. The van der Waals surface area contributed by atoms with E-state index in [1.165, 1.54) is 16.5 Å². The van der Waals surface area contributed by atoms with E-state index in [0.29, 0.717) is 13.0 Å². The first-order valence-corrected chi connectivity index (χ1v) is 8.79. The van der Waals surface area contributed by atoms with Crippen LogP contribution in [0.15, 0.2) is 33.9 Å². The van der Waals surface area contributed by atoms with E-state index in [9.17, 15) is 14.4 Å². The van der Waals surface area contributed by atoms with Gasteiger partial charge in [-0.25, -0.2) is 4.79 Å². The van der Waals surface area contributed by atoms with Crippen LogP contribution >= 0.6 is 0 Å². The van der Waals surface area contributed by atoms with Crippen molar-refractivity contribution in [2.45, 2.75) is 46.1 Å². The number of benzene rings is 1. The van der Waals surface area contributed by atoms with Crippen LogP contribution < -0.4 is 21.9 Å². The van der Waals surface area contributed by atoms with Gasteiger partial charge in [0.1, 0.15) is 5.82 Å². The number of unbranched alkanes of at least 4 members (excludes halogenated alkanes) is 1. The van der Waals surface area contributed by atoms with Crippen molar-refractivity contribution in [3.05, 3.63) is 56.2 Å². The number of nitrogens with two attached hydrogens (primary N) is 1. The highest BCUT2D eigenvalue weighted by Gasteiger charge is 2.20. The lowest BCUT2D eigenvalue weighted by molar-refractivity contribution is -0.118. The molecule has 0 radical (unpaired) electrons. The van der Waals surface area contributed by atoms with Crippen molar-refractivity contribution in [1.29, 1.82) is 0 Å². The maximum absolute atomic E-state index is 12.5. The number of aryl methyl sites for hydroxylation is 2. The van der Waals surface area contributed by atoms with Crippen molar-refractivity contribution >= 4 is 17.4 Å². The Morgan fingerprint density at radius 1 is 1.23 bits per heavy atom. The fraction of sp³-hybridized carbons (Fsp3) is 0.421. The average molecular weight is 358 g/mol. The molecule has 7 heteroatoms. The number of rotatable bonds is 7. The molecule has 0 aliphatic carbocycles. The van der Waals surface area contributed by atoms with E-state index < -0.39 is 11.2 Å². The van der Waals surface area contributed by atoms with Gasteiger partial charge in [-0.3, -0.25) is 19.1 Å². The number of nitrogens with zero attached hydrogens (tertiary/aromatic N) is 2. The second kappa shape index (κ2) is 8.51. The van der Waals surface area contributed by atoms with Crippen molar-refractivity contribution in [2.24, 2.45) is 0 Å². The zero-order valence-electron chi connectivity index (χ0n) is 15.5. The Labute approximate surface area is 152 Å². The molecule has 0 bridgehead atoms. The molecule has 26 heavy (non-hydrogen) atoms. The van der Waals surface area contributed by atoms with Crippen LogP contribution in [0.25, 0.3) is 0 Å². The third kappa shape index (κ3) is 4.41. The number of aromatic nitrogens is 2. The summed E-state index contributed by atoms with van der Waals surface area (Å²) in [4.78, 5) is 40.2. The molecule has 1 aromatic carbocycles. The number of hydrogen-bond donors (Lipinski definition) is 2. The van der Waals surface area contributed by atoms with Crippen molar-refractivity contribution in [3.8, 4) is 0 Å². The van der Waals surface area contributed by atoms with E-state index in [-0.39, 0.29) is 23.8 Å². The lowest BCUT2D eigenvalue weighted by atomic mass is 10.1. The topological polar surface area (TPSA) is 101 Å². The Bertz CT molecular complexity index is 881. The van der Waals surface area contributed by atoms with Crippen LogP contribution in [-0.2, 0) is 17.8 Å². The smallest absolute Gasteiger partial charge is 0.330 e. The summed E-state index contributed by atoms with van der Waals surface area (Å²) in [6.45, 7) is 4.40. The number of aromatic amines is 1. The number of carbonyl (C=O) groups is 1. The Kier molecular flexibility index (Phi) is 6.38. The largest absolute Gasteiger partial charge is 0.383 e. The van der Waals surface area contributed by atoms with Crippen LogP contribution in [0.3, 0.4) is 0 Å². The van der Waals surface area contributed by atoms with Gasteiger partial charge in [0, 0.05) is 20.0 Å². The highest BCUT2D eigenvalue weighted by Crippen LogP contribution is 2.17. The molecule has 0 spiro atoms. The average Bonchev–Trinajstić information content (AvgIpc) is 2.60. The maximum Gasteiger partial charge on any atom is 0.330 e. The molecule has 140 valence electrons. The van der Waals surface area contributed by atoms with Crippen LogP contribution in [0.5, 0.6) is 0 Å². The van der Waals surface area contributed by atoms with Crippen molar-refractivity contribution in [2.75, 3.05) is 17.7 Å². The lowest BCUT2D eigenvalue weighted by Crippen LogP contribution is -2.39. The molecule has 0 aliphatic rings. The van der Waals surface area contributed by atoms with Gasteiger partial charge >= 0.3 is 5.69 Å². The molecule has 1 amide bonds. The predicted octanol–water partition coefficient (Wildman–Crippen LogP) is 1.82. The molecule has 2 aromatic rings. The van der Waals surface area contributed by atoms with Gasteiger partial charge in [0.05, 0.1) is 0 Å². The van der Waals surface area contributed by atoms with Gasteiger partial charge in [0.15, 0.2) is 5.69 Å². The standard InChI is InChI=1S/C19H26N4O3/c1-4-5-12-23-17(20)16(18(25)21-19(23)26)22(3)15(24)11-10-14-8-6-13(2)7-9-14/h6-9H,4-5,10-12,20H2,1-3H3,(H,21,25,26). The zero-order valence-corrected chi connectivity index (χ0v) is 15.5. The van der Waals surface area contributed by atoms with E-state index in [0.717, 1.165) is 24.0 Å². The number of nitrogens with one attached hydrogen (secondary N) is 1. The molecule has 0 atom stereocenters. The lowest BCUT2D eigenvalue weighted by Gasteiger charge is -2.20. The monoisotopic (exact) mass is 358 g/mol. The number of H-pyrrole nitrogens is 1. The predicted molar refractivity (Wildman–Crippen MR) is 104 cm³/mol. The zero-order chi connectivity index (χ0) is 19.3. The third-order valence-corrected chi connectivity index (χ3v) is 4.41. The van der Waals surface area contributed by atoms with Gasteiger partial charge in [-0.1, -0.05) is 43.2 Å². The molecule has 0 unspecified atom stereocenters. The number of anilines is 2. The molecular formula is C19H26N4O3. The van der Waals surface area contributed by atoms with Gasteiger partial charge < -0.3 is 10.6 Å². The fourth-order valence-electron chi connectivity index (χ4n) is 2.74. The quantitative estimate of drug-likeness (QED) is 0.788. The second-order valence-electron chi connectivity index (χ2n) is 6.44. The van der Waals surface area contributed by atoms with Gasteiger partial charge in [0.2, 0.25) is 5.91 Å². The Morgan fingerprint density at radius 3 is 2.50 bits per heavy atom. The van der Waals surface area contributed by atoms with Crippen molar-refractivity contribution in [3.63, 3.8) is 0 Å². The Hall–Kier alpha value is -2.83. The molecule has 0 aliphatic heterocycles. The normalized spacial score (nSPS) is 10.7. The Balaban J connectivity index is 2.20. The minimum atomic E-state index is -0.647. The first-order chi connectivity index (χ1) is 12.3. The minimum Gasteiger partial charge on any atom is -0.383 e. The van der Waals surface area contributed by atoms with Gasteiger partial charge in [-0.15, -0.1) is 0 Å². The number of nitrogen functional groups attached to an aromatic ring is 1. The highest BCUT2D eigenvalue weighted by molar-refractivity contribution is 5.95. The summed E-state index contributed by atoms with van der Waals surface area (Å²) in [5.41, 5.74) is 7.07. The summed E-state index contributed by atoms with van der Waals surface area (Å²) >= 11 is 0. The summed E-state index contributed by atoms with van der Waals surface area (Å²) in [6.07, 6.45) is 2.44. The number of amides is 1. The van der Waals surface area contributed by atoms with E-state index in [2.05, 4.69) is 4.98 Å². The van der Waals surface area contributed by atoms with Crippen molar-refractivity contribution < 1.29 is 4.79 Å². The number of hydrogen-bond acceptors (Lipinski definition) is 4. The fourth-order valence-corrected chi connectivity index (χ4v) is 2.74. The van der Waals surface area contributed by atoms with E-state index >= 15 is 0 Å². The third-order valence-electron chi connectivity index (χ3n) is 4.41. The second-order valence-corrected chi connectivity index (χ2v) is 6.44. The van der Waals surface area contributed by atoms with Gasteiger partial charge in [-0.05, 0) is 25.3 Å². The minimum absolute atomic E-state index is 0.0228. The van der Waals surface area contributed by atoms with Crippen LogP contribution in [0.1, 0.15) is 37.3 Å². The summed E-state index contributed by atoms with van der Waals surface area (Å²) in [6, 6.07) is 7.95. The van der Waals surface area contributed by atoms with E-state index in [1.807, 2.05) is 38.1 Å². The number of carbonyl (C=O) groups excluding carboxylic acids is 1. The van der Waals surface area contributed by atoms with Gasteiger partial charge in [-0.2, -0.15) is 0 Å². The molecule has 3 N–H and O–H groups in total. The summed E-state index contributed by atoms with van der Waals surface area (Å²) in [5.74, 6) is -0.207. The molecule has 2 rings (SSSR count).